The molecule has 0 fully saturated rings. The van der Waals surface area contributed by atoms with Crippen molar-refractivity contribution in [1.82, 2.24) is 9.78 Å². The highest BCUT2D eigenvalue weighted by Crippen LogP contribution is 2.31. The Kier molecular flexibility index (Phi) is 3.50. The Morgan fingerprint density at radius 3 is 2.85 bits per heavy atom. The van der Waals surface area contributed by atoms with E-state index in [0.717, 1.165) is 15.6 Å². The average molecular weight is 351 g/mol. The number of rotatable bonds is 3. The second-order valence-corrected chi connectivity index (χ2v) is 5.93. The third-order valence-electron chi connectivity index (χ3n) is 2.74. The minimum atomic E-state index is -0.342. The van der Waals surface area contributed by atoms with E-state index in [9.17, 15) is 9.18 Å². The molecule has 0 amide bonds. The first-order valence-corrected chi connectivity index (χ1v) is 7.40. The maximum atomic E-state index is 13.3. The number of aldehydes is 1. The minimum absolute atomic E-state index is 0.342. The van der Waals surface area contributed by atoms with Crippen molar-refractivity contribution in [3.05, 3.63) is 57.8 Å². The molecular formula is C14H8BrFN2OS. The van der Waals surface area contributed by atoms with Gasteiger partial charge in [0.25, 0.3) is 0 Å². The van der Waals surface area contributed by atoms with Crippen LogP contribution in [-0.4, -0.2) is 16.1 Å². The Bertz CT molecular complexity index is 781. The van der Waals surface area contributed by atoms with Gasteiger partial charge in [0, 0.05) is 16.0 Å². The van der Waals surface area contributed by atoms with Crippen LogP contribution in [0.4, 0.5) is 4.39 Å². The van der Waals surface area contributed by atoms with Gasteiger partial charge in [0.1, 0.15) is 11.5 Å². The number of hydrogen-bond acceptors (Lipinski definition) is 3. The average Bonchev–Trinajstić information content (AvgIpc) is 3.04. The van der Waals surface area contributed by atoms with E-state index in [4.69, 9.17) is 0 Å². The van der Waals surface area contributed by atoms with Gasteiger partial charge >= 0.3 is 0 Å². The highest BCUT2D eigenvalue weighted by Gasteiger charge is 2.13. The molecule has 0 saturated heterocycles. The number of nitrogens with zero attached hydrogens (tertiary/aromatic N) is 2. The molecule has 0 spiro atoms. The summed E-state index contributed by atoms with van der Waals surface area (Å²) < 4.78 is 15.7. The molecule has 0 aliphatic heterocycles. The van der Waals surface area contributed by atoms with E-state index in [2.05, 4.69) is 21.0 Å². The summed E-state index contributed by atoms with van der Waals surface area (Å²) >= 11 is 4.86. The van der Waals surface area contributed by atoms with E-state index in [-0.39, 0.29) is 5.82 Å². The van der Waals surface area contributed by atoms with E-state index in [1.165, 1.54) is 28.2 Å². The number of hydrogen-bond donors (Lipinski definition) is 0. The van der Waals surface area contributed by atoms with Gasteiger partial charge in [0.05, 0.1) is 16.1 Å². The summed E-state index contributed by atoms with van der Waals surface area (Å²) in [6.07, 6.45) is 2.36. The summed E-state index contributed by atoms with van der Waals surface area (Å²) in [4.78, 5) is 12.1. The fraction of sp³-hybridized carbons (Fsp3) is 0. The van der Waals surface area contributed by atoms with Crippen LogP contribution < -0.4 is 0 Å². The van der Waals surface area contributed by atoms with Crippen molar-refractivity contribution >= 4 is 33.6 Å². The summed E-state index contributed by atoms with van der Waals surface area (Å²) in [5.74, 6) is -0.342. The van der Waals surface area contributed by atoms with Crippen molar-refractivity contribution in [2.75, 3.05) is 0 Å². The largest absolute Gasteiger partial charge is 0.298 e. The molecule has 2 heterocycles. The molecule has 3 nitrogen and oxygen atoms in total. The van der Waals surface area contributed by atoms with Gasteiger partial charge in [-0.3, -0.25) is 4.79 Å². The highest BCUT2D eigenvalue weighted by molar-refractivity contribution is 9.10. The lowest BCUT2D eigenvalue weighted by Crippen LogP contribution is -1.95. The van der Waals surface area contributed by atoms with Gasteiger partial charge in [-0.05, 0) is 40.2 Å². The molecule has 0 aliphatic carbocycles. The molecule has 0 aliphatic rings. The fourth-order valence-corrected chi connectivity index (χ4v) is 3.29. The SMILES string of the molecule is O=Cc1cn(-c2cccc(F)c2)nc1-c1cc(Br)cs1. The number of aromatic nitrogens is 2. The molecule has 6 heteroatoms. The summed E-state index contributed by atoms with van der Waals surface area (Å²) in [6, 6.07) is 7.98. The molecule has 20 heavy (non-hydrogen) atoms. The number of halogens is 2. The molecule has 0 unspecified atom stereocenters. The number of carbonyl (C=O) groups is 1. The molecule has 0 N–H and O–H groups in total. The topological polar surface area (TPSA) is 34.9 Å². The van der Waals surface area contributed by atoms with Crippen molar-refractivity contribution in [2.24, 2.45) is 0 Å². The Balaban J connectivity index is 2.11. The normalized spacial score (nSPS) is 10.7. The quantitative estimate of drug-likeness (QED) is 0.659. The maximum absolute atomic E-state index is 13.3. The molecule has 0 atom stereocenters. The summed E-state index contributed by atoms with van der Waals surface area (Å²) in [6.45, 7) is 0. The van der Waals surface area contributed by atoms with E-state index in [0.29, 0.717) is 16.9 Å². The van der Waals surface area contributed by atoms with E-state index >= 15 is 0 Å². The lowest BCUT2D eigenvalue weighted by molar-refractivity contribution is 0.112. The molecule has 0 saturated carbocycles. The Morgan fingerprint density at radius 2 is 2.20 bits per heavy atom. The van der Waals surface area contributed by atoms with Gasteiger partial charge in [-0.25, -0.2) is 9.07 Å². The number of thiophene rings is 1. The predicted octanol–water partition coefficient (Wildman–Crippen LogP) is 4.31. The summed E-state index contributed by atoms with van der Waals surface area (Å²) in [5, 5.41) is 6.31. The Labute approximate surface area is 126 Å². The van der Waals surface area contributed by atoms with E-state index in [1.54, 1.807) is 18.3 Å². The molecule has 2 aromatic heterocycles. The minimum Gasteiger partial charge on any atom is -0.298 e. The second-order valence-electron chi connectivity index (χ2n) is 4.10. The van der Waals surface area contributed by atoms with Gasteiger partial charge in [-0.1, -0.05) is 6.07 Å². The smallest absolute Gasteiger partial charge is 0.153 e. The van der Waals surface area contributed by atoms with Crippen LogP contribution in [0, 0.1) is 5.82 Å². The van der Waals surface area contributed by atoms with Crippen LogP contribution in [0.2, 0.25) is 0 Å². The van der Waals surface area contributed by atoms with Crippen molar-refractivity contribution in [3.63, 3.8) is 0 Å². The van der Waals surface area contributed by atoms with Crippen LogP contribution in [0.1, 0.15) is 10.4 Å². The highest BCUT2D eigenvalue weighted by atomic mass is 79.9. The lowest BCUT2D eigenvalue weighted by Gasteiger charge is -2.00. The van der Waals surface area contributed by atoms with E-state index in [1.807, 2.05) is 11.4 Å². The van der Waals surface area contributed by atoms with Crippen LogP contribution in [0.5, 0.6) is 0 Å². The molecule has 0 bridgehead atoms. The van der Waals surface area contributed by atoms with Crippen molar-refractivity contribution in [3.8, 4) is 16.3 Å². The zero-order valence-electron chi connectivity index (χ0n) is 10.1. The van der Waals surface area contributed by atoms with Gasteiger partial charge in [0.2, 0.25) is 0 Å². The van der Waals surface area contributed by atoms with Crippen LogP contribution >= 0.6 is 27.3 Å². The number of benzene rings is 1. The van der Waals surface area contributed by atoms with Crippen molar-refractivity contribution < 1.29 is 9.18 Å². The van der Waals surface area contributed by atoms with E-state index < -0.39 is 0 Å². The third-order valence-corrected chi connectivity index (χ3v) is 4.44. The van der Waals surface area contributed by atoms with Crippen LogP contribution in [0.3, 0.4) is 0 Å². The molecule has 0 radical (unpaired) electrons. The van der Waals surface area contributed by atoms with Crippen molar-refractivity contribution in [1.29, 1.82) is 0 Å². The molecule has 3 aromatic rings. The predicted molar refractivity (Wildman–Crippen MR) is 79.9 cm³/mol. The summed E-state index contributed by atoms with van der Waals surface area (Å²) in [5.41, 5.74) is 1.65. The monoisotopic (exact) mass is 350 g/mol. The Morgan fingerprint density at radius 1 is 1.35 bits per heavy atom. The Hall–Kier alpha value is -1.79. The molecule has 1 aromatic carbocycles. The second kappa shape index (κ2) is 5.30. The van der Waals surface area contributed by atoms with Gasteiger partial charge in [-0.15, -0.1) is 11.3 Å². The molecular weight excluding hydrogens is 343 g/mol. The van der Waals surface area contributed by atoms with Gasteiger partial charge in [0.15, 0.2) is 6.29 Å². The van der Waals surface area contributed by atoms with Crippen LogP contribution in [0.15, 0.2) is 46.4 Å². The van der Waals surface area contributed by atoms with Gasteiger partial charge in [-0.2, -0.15) is 5.10 Å². The first-order chi connectivity index (χ1) is 9.67. The standard InChI is InChI=1S/C14H8BrFN2OS/c15-10-4-13(20-8-10)14-9(7-19)6-18(17-14)12-3-1-2-11(16)5-12/h1-8H. The molecule has 100 valence electrons. The fourth-order valence-electron chi connectivity index (χ4n) is 1.85. The first kappa shape index (κ1) is 13.2. The zero-order chi connectivity index (χ0) is 14.1. The molecule has 3 rings (SSSR count). The zero-order valence-corrected chi connectivity index (χ0v) is 12.5. The first-order valence-electron chi connectivity index (χ1n) is 5.72. The summed E-state index contributed by atoms with van der Waals surface area (Å²) in [7, 11) is 0. The lowest BCUT2D eigenvalue weighted by atomic mass is 10.2. The third kappa shape index (κ3) is 2.44. The van der Waals surface area contributed by atoms with Crippen LogP contribution in [-0.2, 0) is 0 Å². The van der Waals surface area contributed by atoms with Crippen molar-refractivity contribution in [2.45, 2.75) is 0 Å². The number of carbonyl (C=O) groups excluding carboxylic acids is 1. The van der Waals surface area contributed by atoms with Gasteiger partial charge < -0.3 is 0 Å². The maximum Gasteiger partial charge on any atom is 0.153 e. The van der Waals surface area contributed by atoms with Crippen LogP contribution in [0.25, 0.3) is 16.3 Å².